The molecular formula is C5H7Cl2NO2. The smallest absolute Gasteiger partial charge is 0.404 e. The Bertz CT molecular complexity index is 160. The van der Waals surface area contributed by atoms with E-state index < -0.39 is 10.4 Å². The second kappa shape index (κ2) is 2.47. The molecule has 0 bridgehead atoms. The van der Waals surface area contributed by atoms with Crippen molar-refractivity contribution < 1.29 is 9.90 Å². The topological polar surface area (TPSA) is 49.3 Å². The normalized spacial score (nSPS) is 27.6. The van der Waals surface area contributed by atoms with Crippen molar-refractivity contribution in [3.63, 3.8) is 0 Å². The minimum Gasteiger partial charge on any atom is -0.465 e. The van der Waals surface area contributed by atoms with Gasteiger partial charge in [-0.1, -0.05) is 0 Å². The maximum absolute atomic E-state index is 9.95. The molecule has 0 spiro atoms. The number of halogens is 2. The molecule has 1 aliphatic rings. The third kappa shape index (κ3) is 1.92. The summed E-state index contributed by atoms with van der Waals surface area (Å²) in [6, 6.07) is 0. The average molecular weight is 184 g/mol. The summed E-state index contributed by atoms with van der Waals surface area (Å²) in [6.07, 6.45) is -0.354. The molecule has 0 aliphatic heterocycles. The summed E-state index contributed by atoms with van der Waals surface area (Å²) in [6.45, 7) is 0.350. The molecule has 1 atom stereocenters. The van der Waals surface area contributed by atoms with E-state index in [9.17, 15) is 4.79 Å². The van der Waals surface area contributed by atoms with Gasteiger partial charge in [-0.05, 0) is 6.42 Å². The van der Waals surface area contributed by atoms with Gasteiger partial charge >= 0.3 is 6.09 Å². The highest BCUT2D eigenvalue weighted by Gasteiger charge is 2.51. The second-order valence-corrected chi connectivity index (χ2v) is 3.89. The van der Waals surface area contributed by atoms with Crippen molar-refractivity contribution in [3.05, 3.63) is 0 Å². The molecule has 10 heavy (non-hydrogen) atoms. The van der Waals surface area contributed by atoms with E-state index in [0.717, 1.165) is 0 Å². The highest BCUT2D eigenvalue weighted by molar-refractivity contribution is 6.50. The summed E-state index contributed by atoms with van der Waals surface area (Å²) in [5.41, 5.74) is 0. The molecule has 0 aromatic heterocycles. The molecule has 0 heterocycles. The van der Waals surface area contributed by atoms with Crippen molar-refractivity contribution in [1.29, 1.82) is 0 Å². The number of alkyl halides is 2. The van der Waals surface area contributed by atoms with Gasteiger partial charge in [-0.2, -0.15) is 0 Å². The number of carboxylic acid groups (broad SMARTS) is 1. The van der Waals surface area contributed by atoms with E-state index in [0.29, 0.717) is 13.0 Å². The lowest BCUT2D eigenvalue weighted by Gasteiger charge is -1.98. The summed E-state index contributed by atoms with van der Waals surface area (Å²) in [4.78, 5) is 9.95. The van der Waals surface area contributed by atoms with Crippen LogP contribution in [0.2, 0.25) is 0 Å². The van der Waals surface area contributed by atoms with Crippen LogP contribution < -0.4 is 5.32 Å². The Morgan fingerprint density at radius 2 is 2.30 bits per heavy atom. The van der Waals surface area contributed by atoms with Crippen LogP contribution in [0.3, 0.4) is 0 Å². The van der Waals surface area contributed by atoms with Crippen molar-refractivity contribution in [1.82, 2.24) is 5.32 Å². The van der Waals surface area contributed by atoms with Gasteiger partial charge in [0.2, 0.25) is 0 Å². The minimum absolute atomic E-state index is 0.0898. The van der Waals surface area contributed by atoms with Crippen LogP contribution >= 0.6 is 23.2 Å². The van der Waals surface area contributed by atoms with Crippen LogP contribution in [-0.2, 0) is 0 Å². The monoisotopic (exact) mass is 183 g/mol. The van der Waals surface area contributed by atoms with E-state index in [4.69, 9.17) is 28.3 Å². The van der Waals surface area contributed by atoms with Gasteiger partial charge in [0, 0.05) is 12.5 Å². The van der Waals surface area contributed by atoms with E-state index in [1.807, 2.05) is 0 Å². The third-order valence-electron chi connectivity index (χ3n) is 1.46. The Morgan fingerprint density at radius 1 is 1.80 bits per heavy atom. The van der Waals surface area contributed by atoms with Crippen LogP contribution in [0.15, 0.2) is 0 Å². The zero-order chi connectivity index (χ0) is 7.78. The number of carbonyl (C=O) groups is 1. The van der Waals surface area contributed by atoms with E-state index in [1.54, 1.807) is 0 Å². The van der Waals surface area contributed by atoms with Gasteiger partial charge < -0.3 is 10.4 Å². The predicted molar refractivity (Wildman–Crippen MR) is 38.6 cm³/mol. The van der Waals surface area contributed by atoms with Crippen LogP contribution in [0.25, 0.3) is 0 Å². The second-order valence-electron chi connectivity index (χ2n) is 2.35. The van der Waals surface area contributed by atoms with Crippen molar-refractivity contribution in [3.8, 4) is 0 Å². The first-order chi connectivity index (χ1) is 4.52. The van der Waals surface area contributed by atoms with Crippen molar-refractivity contribution in [2.24, 2.45) is 5.92 Å². The van der Waals surface area contributed by atoms with E-state index in [2.05, 4.69) is 5.32 Å². The van der Waals surface area contributed by atoms with Crippen LogP contribution in [0.4, 0.5) is 4.79 Å². The number of rotatable bonds is 2. The zero-order valence-electron chi connectivity index (χ0n) is 5.10. The van der Waals surface area contributed by atoms with Crippen molar-refractivity contribution in [2.75, 3.05) is 6.54 Å². The molecule has 1 aliphatic carbocycles. The summed E-state index contributed by atoms with van der Waals surface area (Å²) in [5, 5.41) is 10.4. The first-order valence-corrected chi connectivity index (χ1v) is 3.62. The molecule has 3 nitrogen and oxygen atoms in total. The first kappa shape index (κ1) is 7.95. The Labute approximate surface area is 68.3 Å². The quantitative estimate of drug-likeness (QED) is 0.638. The van der Waals surface area contributed by atoms with Gasteiger partial charge in [-0.25, -0.2) is 4.79 Å². The number of nitrogens with one attached hydrogen (secondary N) is 1. The molecule has 58 valence electrons. The van der Waals surface area contributed by atoms with E-state index in [-0.39, 0.29) is 5.92 Å². The Morgan fingerprint density at radius 3 is 2.60 bits per heavy atom. The summed E-state index contributed by atoms with van der Waals surface area (Å²) >= 11 is 11.2. The molecule has 0 aromatic rings. The predicted octanol–water partition coefficient (Wildman–Crippen LogP) is 1.45. The van der Waals surface area contributed by atoms with Gasteiger partial charge in [0.15, 0.2) is 0 Å². The first-order valence-electron chi connectivity index (χ1n) is 2.87. The highest BCUT2D eigenvalue weighted by atomic mass is 35.5. The molecule has 0 unspecified atom stereocenters. The Kier molecular flexibility index (Phi) is 1.97. The average Bonchev–Trinajstić information content (AvgIpc) is 2.35. The van der Waals surface area contributed by atoms with Gasteiger partial charge in [0.25, 0.3) is 0 Å². The van der Waals surface area contributed by atoms with Gasteiger partial charge in [-0.15, -0.1) is 23.2 Å². The van der Waals surface area contributed by atoms with Crippen LogP contribution in [-0.4, -0.2) is 22.1 Å². The Hall–Kier alpha value is -0.150. The van der Waals surface area contributed by atoms with Crippen molar-refractivity contribution in [2.45, 2.75) is 10.8 Å². The fourth-order valence-electron chi connectivity index (χ4n) is 0.702. The summed E-state index contributed by atoms with van der Waals surface area (Å²) in [5.74, 6) is 0.0898. The molecule has 1 amide bonds. The number of hydrogen-bond acceptors (Lipinski definition) is 1. The number of amides is 1. The molecule has 1 rings (SSSR count). The summed E-state index contributed by atoms with van der Waals surface area (Å²) < 4.78 is -0.678. The molecular weight excluding hydrogens is 177 g/mol. The molecule has 2 N–H and O–H groups in total. The molecule has 1 fully saturated rings. The fraction of sp³-hybridized carbons (Fsp3) is 0.800. The van der Waals surface area contributed by atoms with Gasteiger partial charge in [0.05, 0.1) is 0 Å². The van der Waals surface area contributed by atoms with Crippen LogP contribution in [0.1, 0.15) is 6.42 Å². The van der Waals surface area contributed by atoms with E-state index in [1.165, 1.54) is 0 Å². The Balaban J connectivity index is 2.13. The number of hydrogen-bond donors (Lipinski definition) is 2. The largest absolute Gasteiger partial charge is 0.465 e. The standard InChI is InChI=1S/C5H7Cl2NO2/c6-5(7)1-3(5)2-8-4(9)10/h3,8H,1-2H2,(H,9,10)/t3-/m1/s1. The molecule has 5 heteroatoms. The van der Waals surface area contributed by atoms with Gasteiger partial charge in [-0.3, -0.25) is 0 Å². The SMILES string of the molecule is O=C(O)NC[C@H]1CC1(Cl)Cl. The third-order valence-corrected chi connectivity index (χ3v) is 2.38. The summed E-state index contributed by atoms with van der Waals surface area (Å²) in [7, 11) is 0. The molecule has 0 saturated heterocycles. The zero-order valence-corrected chi connectivity index (χ0v) is 6.61. The lowest BCUT2D eigenvalue weighted by atomic mass is 10.4. The van der Waals surface area contributed by atoms with E-state index >= 15 is 0 Å². The highest BCUT2D eigenvalue weighted by Crippen LogP contribution is 2.52. The molecule has 0 radical (unpaired) electrons. The molecule has 1 saturated carbocycles. The maximum Gasteiger partial charge on any atom is 0.404 e. The maximum atomic E-state index is 9.95. The fourth-order valence-corrected chi connectivity index (χ4v) is 1.23. The van der Waals surface area contributed by atoms with Crippen LogP contribution in [0.5, 0.6) is 0 Å². The lowest BCUT2D eigenvalue weighted by Crippen LogP contribution is -2.24. The van der Waals surface area contributed by atoms with Crippen LogP contribution in [0, 0.1) is 5.92 Å². The van der Waals surface area contributed by atoms with Gasteiger partial charge in [0.1, 0.15) is 4.33 Å². The molecule has 0 aromatic carbocycles. The lowest BCUT2D eigenvalue weighted by molar-refractivity contribution is 0.194. The van der Waals surface area contributed by atoms with Crippen molar-refractivity contribution >= 4 is 29.3 Å². The minimum atomic E-state index is -1.03.